The van der Waals surface area contributed by atoms with Crippen LogP contribution in [0.5, 0.6) is 0 Å². The van der Waals surface area contributed by atoms with Crippen molar-refractivity contribution in [3.63, 3.8) is 0 Å². The Labute approximate surface area is 63.6 Å². The van der Waals surface area contributed by atoms with Gasteiger partial charge >= 0.3 is 0 Å². The lowest BCUT2D eigenvalue weighted by atomic mass is 9.96. The van der Waals surface area contributed by atoms with E-state index in [1.54, 1.807) is 5.57 Å². The zero-order valence-corrected chi connectivity index (χ0v) is 6.93. The summed E-state index contributed by atoms with van der Waals surface area (Å²) >= 11 is 0. The van der Waals surface area contributed by atoms with E-state index in [1.807, 2.05) is 0 Å². The lowest BCUT2D eigenvalue weighted by Gasteiger charge is -2.09. The molecule has 1 atom stereocenters. The van der Waals surface area contributed by atoms with E-state index in [4.69, 9.17) is 0 Å². The lowest BCUT2D eigenvalue weighted by Crippen LogP contribution is -1.95. The molecule has 0 aromatic carbocycles. The molecule has 0 spiro atoms. The van der Waals surface area contributed by atoms with Crippen LogP contribution in [-0.4, -0.2) is 0 Å². The molecular weight excluding hydrogens is 120 g/mol. The highest BCUT2D eigenvalue weighted by Gasteiger charge is 2.10. The van der Waals surface area contributed by atoms with Crippen molar-refractivity contribution in [1.82, 2.24) is 0 Å². The Bertz CT molecular complexity index is 151. The van der Waals surface area contributed by atoms with Gasteiger partial charge in [0.05, 0.1) is 0 Å². The molecule has 0 aromatic heterocycles. The Morgan fingerprint density at radius 2 is 2.20 bits per heavy atom. The summed E-state index contributed by atoms with van der Waals surface area (Å²) in [6.07, 6.45) is 10.6. The van der Waals surface area contributed by atoms with Crippen molar-refractivity contribution in [2.24, 2.45) is 5.92 Å². The minimum absolute atomic E-state index is 0.773. The Morgan fingerprint density at radius 3 is 2.80 bits per heavy atom. The summed E-state index contributed by atoms with van der Waals surface area (Å²) in [6.45, 7) is 4.49. The van der Waals surface area contributed by atoms with Crippen LogP contribution in [0.4, 0.5) is 0 Å². The molecule has 1 unspecified atom stereocenters. The summed E-state index contributed by atoms with van der Waals surface area (Å²) in [5, 5.41) is 0. The molecule has 1 aliphatic rings. The number of allylic oxidation sites excluding steroid dienone is 4. The molecule has 0 saturated carbocycles. The highest BCUT2D eigenvalue weighted by atomic mass is 14.2. The first kappa shape index (κ1) is 7.59. The first-order chi connectivity index (χ1) is 4.88. The molecule has 0 radical (unpaired) electrons. The minimum Gasteiger partial charge on any atom is -0.0773 e. The summed E-state index contributed by atoms with van der Waals surface area (Å²) in [4.78, 5) is 0. The van der Waals surface area contributed by atoms with Gasteiger partial charge < -0.3 is 0 Å². The van der Waals surface area contributed by atoms with Crippen molar-refractivity contribution < 1.29 is 0 Å². The van der Waals surface area contributed by atoms with Crippen molar-refractivity contribution in [2.75, 3.05) is 0 Å². The van der Waals surface area contributed by atoms with E-state index in [0.717, 1.165) is 5.92 Å². The van der Waals surface area contributed by atoms with Gasteiger partial charge in [-0.25, -0.2) is 0 Å². The molecule has 1 aliphatic carbocycles. The molecule has 10 heavy (non-hydrogen) atoms. The molecule has 0 bridgehead atoms. The van der Waals surface area contributed by atoms with Crippen LogP contribution in [0.2, 0.25) is 0 Å². The van der Waals surface area contributed by atoms with Gasteiger partial charge in [0, 0.05) is 0 Å². The smallest absolute Gasteiger partial charge is 0.00172 e. The molecule has 0 aliphatic heterocycles. The van der Waals surface area contributed by atoms with Crippen LogP contribution < -0.4 is 0 Å². The maximum absolute atomic E-state index is 2.32. The minimum atomic E-state index is 0.773. The summed E-state index contributed by atoms with van der Waals surface area (Å²) in [5.41, 5.74) is 1.61. The van der Waals surface area contributed by atoms with Crippen LogP contribution in [0.1, 0.15) is 33.1 Å². The molecule has 0 amide bonds. The van der Waals surface area contributed by atoms with Gasteiger partial charge in [-0.15, -0.1) is 0 Å². The summed E-state index contributed by atoms with van der Waals surface area (Å²) < 4.78 is 0. The topological polar surface area (TPSA) is 0 Å². The zero-order valence-electron chi connectivity index (χ0n) is 6.93. The lowest BCUT2D eigenvalue weighted by molar-refractivity contribution is 0.649. The van der Waals surface area contributed by atoms with Crippen LogP contribution >= 0.6 is 0 Å². The van der Waals surface area contributed by atoms with Crippen molar-refractivity contribution in [3.8, 4) is 0 Å². The van der Waals surface area contributed by atoms with Gasteiger partial charge in [-0.2, -0.15) is 0 Å². The molecule has 1 rings (SSSR count). The van der Waals surface area contributed by atoms with E-state index >= 15 is 0 Å². The van der Waals surface area contributed by atoms with E-state index in [0.29, 0.717) is 0 Å². The molecule has 0 heterocycles. The van der Waals surface area contributed by atoms with E-state index in [9.17, 15) is 0 Å². The molecule has 0 nitrogen and oxygen atoms in total. The fraction of sp³-hybridized carbons (Fsp3) is 0.600. The summed E-state index contributed by atoms with van der Waals surface area (Å²) in [6, 6.07) is 0. The van der Waals surface area contributed by atoms with E-state index in [-0.39, 0.29) is 0 Å². The maximum atomic E-state index is 2.32. The molecule has 0 saturated heterocycles. The average Bonchev–Trinajstić information content (AvgIpc) is 2.36. The second-order valence-corrected chi connectivity index (χ2v) is 2.88. The Morgan fingerprint density at radius 1 is 1.40 bits per heavy atom. The molecule has 56 valence electrons. The van der Waals surface area contributed by atoms with Crippen molar-refractivity contribution in [3.05, 3.63) is 23.8 Å². The predicted octanol–water partition coefficient (Wildman–Crippen LogP) is 3.31. The largest absolute Gasteiger partial charge is 0.0773 e. The van der Waals surface area contributed by atoms with Gasteiger partial charge in [-0.1, -0.05) is 44.1 Å². The first-order valence-corrected chi connectivity index (χ1v) is 4.25. The second kappa shape index (κ2) is 3.60. The number of hydrogen-bond donors (Lipinski definition) is 0. The predicted molar refractivity (Wildman–Crippen MR) is 45.9 cm³/mol. The van der Waals surface area contributed by atoms with Gasteiger partial charge in [0.1, 0.15) is 0 Å². The van der Waals surface area contributed by atoms with Crippen molar-refractivity contribution in [2.45, 2.75) is 33.1 Å². The van der Waals surface area contributed by atoms with E-state index in [1.165, 1.54) is 19.3 Å². The monoisotopic (exact) mass is 136 g/mol. The van der Waals surface area contributed by atoms with E-state index in [2.05, 4.69) is 32.1 Å². The third kappa shape index (κ3) is 1.50. The third-order valence-electron chi connectivity index (χ3n) is 2.14. The highest BCUT2D eigenvalue weighted by molar-refractivity contribution is 5.26. The van der Waals surface area contributed by atoms with Crippen LogP contribution in [0.25, 0.3) is 0 Å². The van der Waals surface area contributed by atoms with Crippen LogP contribution in [0.3, 0.4) is 0 Å². The van der Waals surface area contributed by atoms with Crippen molar-refractivity contribution >= 4 is 0 Å². The van der Waals surface area contributed by atoms with Crippen molar-refractivity contribution in [1.29, 1.82) is 0 Å². The fourth-order valence-electron chi connectivity index (χ4n) is 1.53. The maximum Gasteiger partial charge on any atom is -0.00172 e. The van der Waals surface area contributed by atoms with Gasteiger partial charge in [-0.3, -0.25) is 0 Å². The second-order valence-electron chi connectivity index (χ2n) is 2.88. The molecule has 0 heteroatoms. The zero-order chi connectivity index (χ0) is 7.40. The highest BCUT2D eigenvalue weighted by Crippen LogP contribution is 2.25. The van der Waals surface area contributed by atoms with Crippen LogP contribution in [0, 0.1) is 5.92 Å². The van der Waals surface area contributed by atoms with Gasteiger partial charge in [0.25, 0.3) is 0 Å². The average molecular weight is 136 g/mol. The van der Waals surface area contributed by atoms with Crippen LogP contribution in [0.15, 0.2) is 23.8 Å². The number of rotatable bonds is 3. The quantitative estimate of drug-likeness (QED) is 0.558. The Kier molecular flexibility index (Phi) is 2.73. The third-order valence-corrected chi connectivity index (χ3v) is 2.14. The van der Waals surface area contributed by atoms with Gasteiger partial charge in [0.2, 0.25) is 0 Å². The molecular formula is C10H16. The summed E-state index contributed by atoms with van der Waals surface area (Å²) in [7, 11) is 0. The van der Waals surface area contributed by atoms with Gasteiger partial charge in [0.15, 0.2) is 0 Å². The Hall–Kier alpha value is -0.520. The fourth-order valence-corrected chi connectivity index (χ4v) is 1.53. The van der Waals surface area contributed by atoms with Crippen LogP contribution in [-0.2, 0) is 0 Å². The number of hydrogen-bond acceptors (Lipinski definition) is 0. The van der Waals surface area contributed by atoms with E-state index < -0.39 is 0 Å². The normalized spacial score (nSPS) is 23.4. The SMILES string of the molecule is CCCC1C=CC=C1CC. The standard InChI is InChI=1S/C10H16/c1-3-6-10-8-5-7-9(10)4-2/h5,7-8,10H,3-4,6H2,1-2H3. The molecule has 0 fully saturated rings. The molecule has 0 aromatic rings. The van der Waals surface area contributed by atoms with Gasteiger partial charge in [-0.05, 0) is 18.8 Å². The molecule has 0 N–H and O–H groups in total. The first-order valence-electron chi connectivity index (χ1n) is 4.25. The summed E-state index contributed by atoms with van der Waals surface area (Å²) in [5.74, 6) is 0.773. The Balaban J connectivity index is 2.45.